The second-order valence-electron chi connectivity index (χ2n) is 9.46. The van der Waals surface area contributed by atoms with E-state index in [1.807, 2.05) is 19.1 Å². The molecule has 3 heterocycles. The van der Waals surface area contributed by atoms with E-state index < -0.39 is 32.6 Å². The van der Waals surface area contributed by atoms with Crippen molar-refractivity contribution in [3.05, 3.63) is 80.8 Å². The lowest BCUT2D eigenvalue weighted by Crippen LogP contribution is -2.42. The number of H-pyrrole nitrogens is 1. The molecule has 0 spiro atoms. The van der Waals surface area contributed by atoms with E-state index >= 15 is 0 Å². The van der Waals surface area contributed by atoms with E-state index in [2.05, 4.69) is 20.6 Å². The molecule has 2 aromatic heterocycles. The molecule has 1 saturated carbocycles. The van der Waals surface area contributed by atoms with Gasteiger partial charge in [-0.25, -0.2) is 8.42 Å². The van der Waals surface area contributed by atoms with Crippen LogP contribution in [0.25, 0.3) is 10.9 Å². The lowest BCUT2D eigenvalue weighted by Gasteiger charge is -2.28. The summed E-state index contributed by atoms with van der Waals surface area (Å²) in [5, 5.41) is 6.28. The van der Waals surface area contributed by atoms with E-state index in [9.17, 15) is 22.8 Å². The zero-order valence-electron chi connectivity index (χ0n) is 19.9. The minimum absolute atomic E-state index is 0.155. The van der Waals surface area contributed by atoms with E-state index in [-0.39, 0.29) is 17.4 Å². The maximum atomic E-state index is 13.5. The van der Waals surface area contributed by atoms with E-state index in [1.165, 1.54) is 19.1 Å². The molecule has 1 fully saturated rings. The number of carbonyl (C=O) groups excluding carboxylic acids is 2. The predicted octanol–water partition coefficient (Wildman–Crippen LogP) is 3.18. The molecule has 36 heavy (non-hydrogen) atoms. The molecule has 9 nitrogen and oxygen atoms in total. The number of aryl methyl sites for hydroxylation is 1. The fourth-order valence-corrected chi connectivity index (χ4v) is 5.86. The fourth-order valence-electron chi connectivity index (χ4n) is 4.65. The molecule has 5 rings (SSSR count). The first-order valence-electron chi connectivity index (χ1n) is 11.8. The van der Waals surface area contributed by atoms with Gasteiger partial charge in [0, 0.05) is 11.6 Å². The summed E-state index contributed by atoms with van der Waals surface area (Å²) in [5.41, 5.74) is 2.22. The van der Waals surface area contributed by atoms with Crippen LogP contribution in [0.2, 0.25) is 0 Å². The molecule has 3 aromatic rings. The van der Waals surface area contributed by atoms with Crippen LogP contribution in [0.3, 0.4) is 0 Å². The Balaban J connectivity index is 1.53. The Morgan fingerprint density at radius 3 is 2.53 bits per heavy atom. The second kappa shape index (κ2) is 9.02. The highest BCUT2D eigenvalue weighted by atomic mass is 32.2. The number of fused-ring (bicyclic) bond motifs is 1. The predicted molar refractivity (Wildman–Crippen MR) is 137 cm³/mol. The van der Waals surface area contributed by atoms with Crippen molar-refractivity contribution in [2.75, 3.05) is 5.32 Å². The van der Waals surface area contributed by atoms with E-state index in [0.29, 0.717) is 22.2 Å². The van der Waals surface area contributed by atoms with Crippen LogP contribution in [0.15, 0.2) is 52.9 Å². The number of pyridine rings is 2. The quantitative estimate of drug-likeness (QED) is 0.486. The zero-order chi connectivity index (χ0) is 25.6. The first kappa shape index (κ1) is 23.9. The first-order valence-corrected chi connectivity index (χ1v) is 13.4. The molecule has 1 aliphatic carbocycles. The van der Waals surface area contributed by atoms with Crippen LogP contribution in [-0.4, -0.2) is 41.5 Å². The number of nitrogens with zero attached hydrogens (tertiary/aromatic N) is 1. The number of benzene rings is 1. The minimum atomic E-state index is -3.43. The SMILES string of the molecule is Cc1cncc(NC(=O)c2c(C3CCC3)ccc3cc(C(=O)N[C@@H]4C=CS(=O)(=O)[C@H]4C)c(=O)[nH]c23)c1. The molecule has 2 aliphatic rings. The summed E-state index contributed by atoms with van der Waals surface area (Å²) < 4.78 is 23.9. The standard InChI is InChI=1S/C26H26N4O5S/c1-14-10-18(13-27-12-14)28-26(33)22-19(16-4-3-5-16)7-6-17-11-20(25(32)30-23(17)22)24(31)29-21-8-9-36(34,35)15(21)2/h6-13,15-16,21H,3-5H2,1-2H3,(H,28,33)(H,29,31)(H,30,32)/t15-,21+/m0/s1. The van der Waals surface area contributed by atoms with Crippen molar-refractivity contribution in [1.82, 2.24) is 15.3 Å². The molecule has 3 N–H and O–H groups in total. The lowest BCUT2D eigenvalue weighted by atomic mass is 9.77. The van der Waals surface area contributed by atoms with Gasteiger partial charge < -0.3 is 15.6 Å². The van der Waals surface area contributed by atoms with Crippen LogP contribution >= 0.6 is 0 Å². The van der Waals surface area contributed by atoms with Crippen molar-refractivity contribution in [2.45, 2.75) is 50.3 Å². The molecule has 1 aliphatic heterocycles. The third-order valence-electron chi connectivity index (χ3n) is 7.00. The van der Waals surface area contributed by atoms with Gasteiger partial charge in [-0.2, -0.15) is 0 Å². The van der Waals surface area contributed by atoms with Crippen LogP contribution in [-0.2, 0) is 9.84 Å². The van der Waals surface area contributed by atoms with Crippen LogP contribution in [0.1, 0.15) is 63.9 Å². The lowest BCUT2D eigenvalue weighted by molar-refractivity contribution is 0.0942. The molecule has 10 heteroatoms. The third kappa shape index (κ3) is 4.32. The van der Waals surface area contributed by atoms with E-state index in [0.717, 1.165) is 35.8 Å². The largest absolute Gasteiger partial charge is 0.344 e. The van der Waals surface area contributed by atoms with Crippen molar-refractivity contribution in [1.29, 1.82) is 0 Å². The average Bonchev–Trinajstić information content (AvgIpc) is 3.04. The van der Waals surface area contributed by atoms with Gasteiger partial charge in [0.25, 0.3) is 17.4 Å². The Labute approximate surface area is 207 Å². The van der Waals surface area contributed by atoms with E-state index in [4.69, 9.17) is 0 Å². The van der Waals surface area contributed by atoms with Crippen molar-refractivity contribution < 1.29 is 18.0 Å². The number of aromatic amines is 1. The molecular weight excluding hydrogens is 480 g/mol. The average molecular weight is 507 g/mol. The highest BCUT2D eigenvalue weighted by Gasteiger charge is 2.33. The van der Waals surface area contributed by atoms with Crippen molar-refractivity contribution in [2.24, 2.45) is 0 Å². The van der Waals surface area contributed by atoms with Gasteiger partial charge in [0.1, 0.15) is 5.56 Å². The molecule has 2 amide bonds. The maximum Gasteiger partial charge on any atom is 0.261 e. The number of amides is 2. The maximum absolute atomic E-state index is 13.5. The Morgan fingerprint density at radius 2 is 1.89 bits per heavy atom. The Morgan fingerprint density at radius 1 is 1.11 bits per heavy atom. The Bertz CT molecular complexity index is 1590. The van der Waals surface area contributed by atoms with Gasteiger partial charge >= 0.3 is 0 Å². The highest BCUT2D eigenvalue weighted by molar-refractivity contribution is 7.95. The number of hydrogen-bond acceptors (Lipinski definition) is 6. The molecule has 2 atom stereocenters. The molecule has 0 radical (unpaired) electrons. The smallest absolute Gasteiger partial charge is 0.261 e. The van der Waals surface area contributed by atoms with Gasteiger partial charge in [0.2, 0.25) is 0 Å². The molecule has 0 bridgehead atoms. The van der Waals surface area contributed by atoms with Gasteiger partial charge in [0.15, 0.2) is 9.84 Å². The van der Waals surface area contributed by atoms with Crippen LogP contribution in [0, 0.1) is 6.92 Å². The van der Waals surface area contributed by atoms with Gasteiger partial charge in [0.05, 0.1) is 34.3 Å². The van der Waals surface area contributed by atoms with Gasteiger partial charge in [-0.05, 0) is 67.3 Å². The highest BCUT2D eigenvalue weighted by Crippen LogP contribution is 2.40. The molecule has 186 valence electrons. The van der Waals surface area contributed by atoms with Crippen LogP contribution < -0.4 is 16.2 Å². The number of hydrogen-bond donors (Lipinski definition) is 3. The van der Waals surface area contributed by atoms with Crippen molar-refractivity contribution >= 4 is 38.2 Å². The summed E-state index contributed by atoms with van der Waals surface area (Å²) in [4.78, 5) is 46.2. The van der Waals surface area contributed by atoms with E-state index in [1.54, 1.807) is 18.5 Å². The number of sulfone groups is 1. The normalized spacial score (nSPS) is 20.7. The number of nitrogens with one attached hydrogen (secondary N) is 3. The van der Waals surface area contributed by atoms with Crippen LogP contribution in [0.4, 0.5) is 5.69 Å². The summed E-state index contributed by atoms with van der Waals surface area (Å²) in [5.74, 6) is -0.829. The molecule has 0 unspecified atom stereocenters. The van der Waals surface area contributed by atoms with Gasteiger partial charge in [-0.1, -0.05) is 18.6 Å². The monoisotopic (exact) mass is 506 g/mol. The Hall–Kier alpha value is -3.79. The van der Waals surface area contributed by atoms with Gasteiger partial charge in [-0.3, -0.25) is 19.4 Å². The topological polar surface area (TPSA) is 138 Å². The molecule has 1 aromatic carbocycles. The summed E-state index contributed by atoms with van der Waals surface area (Å²) in [6.45, 7) is 3.38. The summed E-state index contributed by atoms with van der Waals surface area (Å²) in [6, 6.07) is 6.19. The van der Waals surface area contributed by atoms with Crippen molar-refractivity contribution in [3.63, 3.8) is 0 Å². The molecular formula is C26H26N4O5S. The summed E-state index contributed by atoms with van der Waals surface area (Å²) >= 11 is 0. The second-order valence-corrected chi connectivity index (χ2v) is 11.7. The van der Waals surface area contributed by atoms with Gasteiger partial charge in [-0.15, -0.1) is 0 Å². The number of carbonyl (C=O) groups is 2. The third-order valence-corrected chi connectivity index (χ3v) is 8.87. The summed E-state index contributed by atoms with van der Waals surface area (Å²) in [7, 11) is -3.43. The van der Waals surface area contributed by atoms with Crippen LogP contribution in [0.5, 0.6) is 0 Å². The minimum Gasteiger partial charge on any atom is -0.344 e. The number of aromatic nitrogens is 2. The number of anilines is 1. The first-order chi connectivity index (χ1) is 17.1. The number of rotatable bonds is 5. The molecule has 0 saturated heterocycles. The van der Waals surface area contributed by atoms with Crippen molar-refractivity contribution in [3.8, 4) is 0 Å². The zero-order valence-corrected chi connectivity index (χ0v) is 20.7. The Kier molecular flexibility index (Phi) is 5.99. The summed E-state index contributed by atoms with van der Waals surface area (Å²) in [6.07, 6.45) is 7.64. The fraction of sp³-hybridized carbons (Fsp3) is 0.308.